The van der Waals surface area contributed by atoms with Crippen molar-refractivity contribution < 1.29 is 51.0 Å². The van der Waals surface area contributed by atoms with Crippen LogP contribution in [0.2, 0.25) is 0 Å². The van der Waals surface area contributed by atoms with Crippen LogP contribution in [0, 0.1) is 13.8 Å². The molecule has 28 heavy (non-hydrogen) atoms. The molecule has 0 saturated heterocycles. The summed E-state index contributed by atoms with van der Waals surface area (Å²) in [5.74, 6) is 0. The number of halogens is 2. The van der Waals surface area contributed by atoms with E-state index in [0.717, 1.165) is 0 Å². The van der Waals surface area contributed by atoms with Crippen molar-refractivity contribution in [1.29, 1.82) is 0 Å². The molecule has 4 aromatic carbocycles. The molecule has 0 spiro atoms. The molecule has 0 fully saturated rings. The molecule has 0 radical (unpaired) electrons. The average molecular weight is 486 g/mol. The Labute approximate surface area is 198 Å². The van der Waals surface area contributed by atoms with Crippen molar-refractivity contribution in [2.24, 2.45) is 0 Å². The Bertz CT molecular complexity index is 979. The van der Waals surface area contributed by atoms with Crippen LogP contribution in [0.25, 0.3) is 27.2 Å². The van der Waals surface area contributed by atoms with Gasteiger partial charge >= 0.3 is 26.2 Å². The second kappa shape index (κ2) is 10.8. The summed E-state index contributed by atoms with van der Waals surface area (Å²) in [6, 6.07) is 27.7. The molecule has 0 aliphatic carbocycles. The molecular formula is C24H21Cl2NZr. The van der Waals surface area contributed by atoms with E-state index in [1.165, 1.54) is 38.4 Å². The van der Waals surface area contributed by atoms with Crippen LogP contribution in [0.3, 0.4) is 0 Å². The Morgan fingerprint density at radius 3 is 1.82 bits per heavy atom. The van der Waals surface area contributed by atoms with Gasteiger partial charge < -0.3 is 29.4 Å². The van der Waals surface area contributed by atoms with Gasteiger partial charge in [-0.1, -0.05) is 44.2 Å². The summed E-state index contributed by atoms with van der Waals surface area (Å²) in [6.45, 7) is 4.24. The molecule has 0 amide bonds. The van der Waals surface area contributed by atoms with Crippen LogP contribution in [0.1, 0.15) is 11.1 Å². The van der Waals surface area contributed by atoms with Crippen molar-refractivity contribution in [3.63, 3.8) is 0 Å². The summed E-state index contributed by atoms with van der Waals surface area (Å²) < 4.78 is 2.20. The fraction of sp³-hybridized carbons (Fsp3) is 0.0833. The molecule has 1 aromatic heterocycles. The molecule has 140 valence electrons. The molecule has 4 heteroatoms. The largest absolute Gasteiger partial charge is 4.00 e. The number of aryl methyl sites for hydroxylation is 2. The quantitative estimate of drug-likeness (QED) is 0.306. The maximum Gasteiger partial charge on any atom is 4.00 e. The van der Waals surface area contributed by atoms with Crippen molar-refractivity contribution >= 4 is 21.5 Å². The number of nitrogens with zero attached hydrogens (tertiary/aromatic N) is 1. The van der Waals surface area contributed by atoms with E-state index >= 15 is 0 Å². The number of benzene rings is 2. The minimum Gasteiger partial charge on any atom is -1.00 e. The summed E-state index contributed by atoms with van der Waals surface area (Å²) in [6.07, 6.45) is 4.37. The molecule has 0 aliphatic heterocycles. The Morgan fingerprint density at radius 1 is 0.786 bits per heavy atom. The van der Waals surface area contributed by atoms with E-state index in [-0.39, 0.29) is 51.0 Å². The molecule has 1 heterocycles. The third-order valence-electron chi connectivity index (χ3n) is 4.77. The second-order valence-corrected chi connectivity index (χ2v) is 6.53. The van der Waals surface area contributed by atoms with Crippen LogP contribution in [0.4, 0.5) is 0 Å². The first kappa shape index (κ1) is 24.4. The van der Waals surface area contributed by atoms with Crippen LogP contribution in [-0.4, -0.2) is 4.57 Å². The zero-order valence-electron chi connectivity index (χ0n) is 15.9. The zero-order valence-corrected chi connectivity index (χ0v) is 19.8. The minimum atomic E-state index is 0. The van der Waals surface area contributed by atoms with Gasteiger partial charge in [-0.3, -0.25) is 0 Å². The smallest absolute Gasteiger partial charge is 1.00 e. The van der Waals surface area contributed by atoms with Crippen molar-refractivity contribution in [1.82, 2.24) is 4.57 Å². The predicted octanol–water partition coefficient (Wildman–Crippen LogP) is 0.530. The van der Waals surface area contributed by atoms with Gasteiger partial charge in [-0.25, -0.2) is 12.1 Å². The summed E-state index contributed by atoms with van der Waals surface area (Å²) in [7, 11) is 0. The first-order valence-electron chi connectivity index (χ1n) is 8.62. The van der Waals surface area contributed by atoms with Crippen molar-refractivity contribution in [3.05, 3.63) is 102 Å². The molecule has 0 atom stereocenters. The second-order valence-electron chi connectivity index (χ2n) is 6.53. The van der Waals surface area contributed by atoms with Crippen LogP contribution in [0.5, 0.6) is 0 Å². The Balaban J connectivity index is 0.000000341. The van der Waals surface area contributed by atoms with Gasteiger partial charge in [-0.15, -0.1) is 41.1 Å². The van der Waals surface area contributed by atoms with Crippen molar-refractivity contribution in [2.75, 3.05) is 0 Å². The normalized spacial score (nSPS) is 9.64. The number of rotatable bonds is 1. The first-order chi connectivity index (χ1) is 12.2. The van der Waals surface area contributed by atoms with Gasteiger partial charge in [0.1, 0.15) is 0 Å². The molecule has 1 nitrogen and oxygen atoms in total. The predicted molar refractivity (Wildman–Crippen MR) is 108 cm³/mol. The maximum absolute atomic E-state index is 2.23. The fourth-order valence-electron chi connectivity index (χ4n) is 3.11. The molecule has 0 saturated carbocycles. The van der Waals surface area contributed by atoms with Gasteiger partial charge in [0.25, 0.3) is 0 Å². The Morgan fingerprint density at radius 2 is 1.36 bits per heavy atom. The van der Waals surface area contributed by atoms with Gasteiger partial charge in [-0.2, -0.15) is 17.2 Å². The SMILES string of the molecule is Cc1ccc[c-]1C.[Cl-].[Cl-].[Zr+4].c1ccc2cn(-c3cc4ccccc4[cH-]3)cc2c1. The maximum atomic E-state index is 2.23. The summed E-state index contributed by atoms with van der Waals surface area (Å²) in [5.41, 5.74) is 4.01. The van der Waals surface area contributed by atoms with Crippen LogP contribution >= 0.6 is 0 Å². The summed E-state index contributed by atoms with van der Waals surface area (Å²) in [4.78, 5) is 0. The van der Waals surface area contributed by atoms with Crippen molar-refractivity contribution in [3.8, 4) is 5.69 Å². The number of aromatic nitrogens is 1. The molecule has 0 bridgehead atoms. The molecule has 0 N–H and O–H groups in total. The van der Waals surface area contributed by atoms with Gasteiger partial charge in [0.15, 0.2) is 0 Å². The van der Waals surface area contributed by atoms with Gasteiger partial charge in [0.05, 0.1) is 0 Å². The molecular weight excluding hydrogens is 464 g/mol. The topological polar surface area (TPSA) is 4.93 Å². The summed E-state index contributed by atoms with van der Waals surface area (Å²) >= 11 is 0. The standard InChI is InChI=1S/C17H12N.C7H9.2ClH.Zr/c1-2-6-14-10-17(9-13(14)5-1)18-11-15-7-3-4-8-16(15)12-18;1-6-4-3-5-7(6)2;;;/h1-12H;3-5H,1-2H3;2*1H;/q2*-1;;;+4/p-2. The molecule has 5 aromatic rings. The molecule has 5 rings (SSSR count). The van der Waals surface area contributed by atoms with E-state index in [9.17, 15) is 0 Å². The van der Waals surface area contributed by atoms with E-state index < -0.39 is 0 Å². The van der Waals surface area contributed by atoms with Gasteiger partial charge in [0.2, 0.25) is 0 Å². The van der Waals surface area contributed by atoms with Crippen LogP contribution in [0.15, 0.2) is 91.3 Å². The third kappa shape index (κ3) is 5.26. The Hall–Kier alpha value is -1.60. The van der Waals surface area contributed by atoms with E-state index in [0.29, 0.717) is 0 Å². The molecule has 0 aliphatic rings. The van der Waals surface area contributed by atoms with Gasteiger partial charge in [-0.05, 0) is 16.5 Å². The fourth-order valence-corrected chi connectivity index (χ4v) is 3.11. The molecule has 0 unspecified atom stereocenters. The van der Waals surface area contributed by atoms with E-state index in [4.69, 9.17) is 0 Å². The van der Waals surface area contributed by atoms with Crippen LogP contribution in [-0.2, 0) is 26.2 Å². The van der Waals surface area contributed by atoms with Gasteiger partial charge in [0, 0.05) is 12.4 Å². The van der Waals surface area contributed by atoms with E-state index in [2.05, 4.69) is 110 Å². The monoisotopic (exact) mass is 483 g/mol. The van der Waals surface area contributed by atoms with E-state index in [1.54, 1.807) is 0 Å². The number of hydrogen-bond donors (Lipinski definition) is 0. The third-order valence-corrected chi connectivity index (χ3v) is 4.77. The number of hydrogen-bond acceptors (Lipinski definition) is 0. The van der Waals surface area contributed by atoms with Crippen LogP contribution < -0.4 is 24.8 Å². The zero-order chi connectivity index (χ0) is 17.2. The number of fused-ring (bicyclic) bond motifs is 2. The first-order valence-corrected chi connectivity index (χ1v) is 8.62. The van der Waals surface area contributed by atoms with Crippen molar-refractivity contribution in [2.45, 2.75) is 13.8 Å². The van der Waals surface area contributed by atoms with E-state index in [1.807, 2.05) is 0 Å². The Kier molecular flexibility index (Phi) is 9.44. The minimum absolute atomic E-state index is 0. The summed E-state index contributed by atoms with van der Waals surface area (Å²) in [5, 5.41) is 5.15. The average Bonchev–Trinajstić information content (AvgIpc) is 3.33.